The highest BCUT2D eigenvalue weighted by Gasteiger charge is 2.59. The second kappa shape index (κ2) is 4.75. The van der Waals surface area contributed by atoms with Gasteiger partial charge in [-0.2, -0.15) is 26.3 Å². The molecule has 0 bridgehead atoms. The zero-order valence-electron chi connectivity index (χ0n) is 8.24. The lowest BCUT2D eigenvalue weighted by Crippen LogP contribution is -2.45. The van der Waals surface area contributed by atoms with Gasteiger partial charge in [0, 0.05) is 5.57 Å². The van der Waals surface area contributed by atoms with E-state index in [-0.39, 0.29) is 5.57 Å². The first-order valence-corrected chi connectivity index (χ1v) is 3.97. The monoisotopic (exact) mass is 250 g/mol. The van der Waals surface area contributed by atoms with Crippen LogP contribution in [0.1, 0.15) is 13.8 Å². The lowest BCUT2D eigenvalue weighted by Gasteiger charge is -2.22. The summed E-state index contributed by atoms with van der Waals surface area (Å²) in [5, 5.41) is 0. The lowest BCUT2D eigenvalue weighted by molar-refractivity contribution is -0.312. The van der Waals surface area contributed by atoms with Crippen LogP contribution in [0.3, 0.4) is 0 Å². The van der Waals surface area contributed by atoms with Crippen LogP contribution in [0.15, 0.2) is 11.6 Å². The van der Waals surface area contributed by atoms with Gasteiger partial charge in [0.1, 0.15) is 0 Å². The second-order valence-electron chi connectivity index (χ2n) is 2.84. The number of alkyl halides is 6. The first kappa shape index (κ1) is 14.8. The molecule has 0 aliphatic heterocycles. The van der Waals surface area contributed by atoms with Crippen molar-refractivity contribution < 1.29 is 35.9 Å². The summed E-state index contributed by atoms with van der Waals surface area (Å²) in [5.74, 6) is -1.65. The fourth-order valence-corrected chi connectivity index (χ4v) is 0.637. The number of carbonyl (C=O) groups excluding carboxylic acids is 1. The zero-order valence-corrected chi connectivity index (χ0v) is 8.24. The highest BCUT2D eigenvalue weighted by atomic mass is 19.4. The average molecular weight is 250 g/mol. The second-order valence-corrected chi connectivity index (χ2v) is 2.84. The highest BCUT2D eigenvalue weighted by Crippen LogP contribution is 2.36. The van der Waals surface area contributed by atoms with Crippen molar-refractivity contribution in [1.82, 2.24) is 0 Å². The molecule has 0 radical (unpaired) electrons. The molecule has 0 heterocycles. The Kier molecular flexibility index (Phi) is 4.39. The van der Waals surface area contributed by atoms with Crippen LogP contribution in [0.25, 0.3) is 0 Å². The van der Waals surface area contributed by atoms with Crippen LogP contribution in [0.4, 0.5) is 26.3 Å². The summed E-state index contributed by atoms with van der Waals surface area (Å²) >= 11 is 0. The molecule has 0 aliphatic rings. The number of ether oxygens (including phenoxy) is 1. The molecule has 94 valence electrons. The van der Waals surface area contributed by atoms with E-state index in [4.69, 9.17) is 0 Å². The summed E-state index contributed by atoms with van der Waals surface area (Å²) in [6.45, 7) is 2.33. The predicted octanol–water partition coefficient (Wildman–Crippen LogP) is 2.99. The first-order chi connectivity index (χ1) is 7.00. The third kappa shape index (κ3) is 4.11. The van der Waals surface area contributed by atoms with Gasteiger partial charge in [0.05, 0.1) is 0 Å². The molecule has 0 saturated heterocycles. The van der Waals surface area contributed by atoms with Crippen LogP contribution < -0.4 is 0 Å². The van der Waals surface area contributed by atoms with E-state index in [9.17, 15) is 31.1 Å². The molecular formula is C8H8F6O2. The minimum atomic E-state index is -5.68. The van der Waals surface area contributed by atoms with E-state index in [0.29, 0.717) is 0 Å². The maximum absolute atomic E-state index is 11.9. The largest absolute Gasteiger partial charge is 0.439 e. The van der Waals surface area contributed by atoms with Crippen molar-refractivity contribution >= 4 is 5.97 Å². The maximum atomic E-state index is 11.9. The molecule has 0 aromatic carbocycles. The van der Waals surface area contributed by atoms with Gasteiger partial charge in [-0.25, -0.2) is 4.79 Å². The molecule has 0 unspecified atom stereocenters. The molecule has 0 aromatic heterocycles. The Labute approximate surface area is 86.9 Å². The van der Waals surface area contributed by atoms with Crippen molar-refractivity contribution in [2.45, 2.75) is 32.3 Å². The van der Waals surface area contributed by atoms with E-state index < -0.39 is 24.4 Å². The third-order valence-corrected chi connectivity index (χ3v) is 1.57. The number of rotatable bonds is 2. The standard InChI is InChI=1S/C8H8F6O2/c1-3-4(2)5(15)16-6(7(9,10)11)8(12,13)14/h3,6H,1-2H3. The van der Waals surface area contributed by atoms with E-state index in [2.05, 4.69) is 4.74 Å². The molecule has 0 spiro atoms. The first-order valence-electron chi connectivity index (χ1n) is 3.97. The third-order valence-electron chi connectivity index (χ3n) is 1.57. The van der Waals surface area contributed by atoms with Crippen LogP contribution >= 0.6 is 0 Å². The van der Waals surface area contributed by atoms with E-state index in [1.165, 1.54) is 6.92 Å². The van der Waals surface area contributed by atoms with Gasteiger partial charge >= 0.3 is 18.3 Å². The predicted molar refractivity (Wildman–Crippen MR) is 41.4 cm³/mol. The molecule has 16 heavy (non-hydrogen) atoms. The molecule has 0 atom stereocenters. The maximum Gasteiger partial charge on any atom is 0.434 e. The fourth-order valence-electron chi connectivity index (χ4n) is 0.637. The number of carbonyl (C=O) groups is 1. The Balaban J connectivity index is 4.92. The molecule has 0 aliphatic carbocycles. The molecule has 8 heteroatoms. The number of esters is 1. The summed E-state index contributed by atoms with van der Waals surface area (Å²) in [5.41, 5.74) is -0.335. The van der Waals surface area contributed by atoms with Crippen molar-refractivity contribution in [2.24, 2.45) is 0 Å². The molecule has 0 saturated carbocycles. The van der Waals surface area contributed by atoms with Crippen LogP contribution in [0.2, 0.25) is 0 Å². The Bertz CT molecular complexity index is 274. The Morgan fingerprint density at radius 2 is 1.50 bits per heavy atom. The van der Waals surface area contributed by atoms with Crippen molar-refractivity contribution in [3.63, 3.8) is 0 Å². The summed E-state index contributed by atoms with van der Waals surface area (Å²) in [6, 6.07) is 0. The quantitative estimate of drug-likeness (QED) is 0.428. The number of halogens is 6. The van der Waals surface area contributed by atoms with Crippen LogP contribution in [0, 0.1) is 0 Å². The van der Waals surface area contributed by atoms with Crippen LogP contribution in [-0.2, 0) is 9.53 Å². The van der Waals surface area contributed by atoms with E-state index >= 15 is 0 Å². The van der Waals surface area contributed by atoms with Gasteiger partial charge in [0.15, 0.2) is 0 Å². The van der Waals surface area contributed by atoms with Gasteiger partial charge in [0.2, 0.25) is 0 Å². The molecule has 0 fully saturated rings. The Morgan fingerprint density at radius 1 is 1.12 bits per heavy atom. The van der Waals surface area contributed by atoms with Gasteiger partial charge in [-0.15, -0.1) is 0 Å². The molecule has 0 N–H and O–H groups in total. The van der Waals surface area contributed by atoms with Gasteiger partial charge < -0.3 is 4.74 Å². The van der Waals surface area contributed by atoms with Crippen LogP contribution in [0.5, 0.6) is 0 Å². The average Bonchev–Trinajstić information content (AvgIpc) is 2.08. The van der Waals surface area contributed by atoms with Gasteiger partial charge in [-0.05, 0) is 13.8 Å². The normalized spacial score (nSPS) is 14.2. The topological polar surface area (TPSA) is 26.3 Å². The highest BCUT2D eigenvalue weighted by molar-refractivity contribution is 5.87. The van der Waals surface area contributed by atoms with E-state index in [1.807, 2.05) is 0 Å². The van der Waals surface area contributed by atoms with Crippen molar-refractivity contribution in [3.05, 3.63) is 11.6 Å². The molecule has 0 aromatic rings. The summed E-state index contributed by atoms with van der Waals surface area (Å²) < 4.78 is 74.9. The minimum absolute atomic E-state index is 0.335. The summed E-state index contributed by atoms with van der Waals surface area (Å²) in [6.07, 6.45) is -14.4. The molecule has 0 rings (SSSR count). The molecule has 0 amide bonds. The van der Waals surface area contributed by atoms with Crippen molar-refractivity contribution in [3.8, 4) is 0 Å². The van der Waals surface area contributed by atoms with Gasteiger partial charge in [-0.3, -0.25) is 0 Å². The smallest absolute Gasteiger partial charge is 0.434 e. The SMILES string of the molecule is CC=C(C)C(=O)OC(C(F)(F)F)C(F)(F)F. The van der Waals surface area contributed by atoms with E-state index in [1.54, 1.807) is 0 Å². The van der Waals surface area contributed by atoms with Crippen molar-refractivity contribution in [2.75, 3.05) is 0 Å². The lowest BCUT2D eigenvalue weighted by atomic mass is 10.3. The van der Waals surface area contributed by atoms with Gasteiger partial charge in [-0.1, -0.05) is 6.08 Å². The Hall–Kier alpha value is -1.21. The van der Waals surface area contributed by atoms with Gasteiger partial charge in [0.25, 0.3) is 6.10 Å². The molecule has 2 nitrogen and oxygen atoms in total. The summed E-state index contributed by atoms with van der Waals surface area (Å²) in [4.78, 5) is 10.8. The fraction of sp³-hybridized carbons (Fsp3) is 0.625. The Morgan fingerprint density at radius 3 is 1.75 bits per heavy atom. The number of hydrogen-bond acceptors (Lipinski definition) is 2. The van der Waals surface area contributed by atoms with Crippen LogP contribution in [-0.4, -0.2) is 24.4 Å². The van der Waals surface area contributed by atoms with E-state index in [0.717, 1.165) is 13.0 Å². The summed E-state index contributed by atoms with van der Waals surface area (Å²) in [7, 11) is 0. The minimum Gasteiger partial charge on any atom is -0.439 e. The number of hydrogen-bond donors (Lipinski definition) is 0. The molecular weight excluding hydrogens is 242 g/mol. The van der Waals surface area contributed by atoms with Crippen molar-refractivity contribution in [1.29, 1.82) is 0 Å². The number of allylic oxidation sites excluding steroid dienone is 1. The zero-order chi connectivity index (χ0) is 13.1.